The number of rotatable bonds is 4. The SMILES string of the molecule is NC(CC(=O)Nc1cnccc1Cl)C1CC1. The Balaban J connectivity index is 1.89. The molecule has 3 N–H and O–H groups in total. The Hall–Kier alpha value is -1.13. The van der Waals surface area contributed by atoms with Crippen molar-refractivity contribution in [2.24, 2.45) is 11.7 Å². The molecular formula is C11H14ClN3O. The molecule has 86 valence electrons. The van der Waals surface area contributed by atoms with Gasteiger partial charge in [-0.15, -0.1) is 0 Å². The summed E-state index contributed by atoms with van der Waals surface area (Å²) >= 11 is 5.89. The number of halogens is 1. The summed E-state index contributed by atoms with van der Waals surface area (Å²) in [5.41, 5.74) is 6.40. The van der Waals surface area contributed by atoms with Gasteiger partial charge in [0.15, 0.2) is 0 Å². The fraction of sp³-hybridized carbons (Fsp3) is 0.455. The van der Waals surface area contributed by atoms with E-state index in [0.717, 1.165) is 12.8 Å². The highest BCUT2D eigenvalue weighted by atomic mass is 35.5. The Bertz CT molecular complexity index is 393. The van der Waals surface area contributed by atoms with Gasteiger partial charge in [-0.2, -0.15) is 0 Å². The topological polar surface area (TPSA) is 68.0 Å². The second-order valence-electron chi connectivity index (χ2n) is 4.11. The van der Waals surface area contributed by atoms with E-state index in [0.29, 0.717) is 23.0 Å². The maximum atomic E-state index is 11.6. The first-order chi connectivity index (χ1) is 7.66. The van der Waals surface area contributed by atoms with Crippen molar-refractivity contribution in [3.05, 3.63) is 23.5 Å². The van der Waals surface area contributed by atoms with Gasteiger partial charge in [0.1, 0.15) is 0 Å². The summed E-state index contributed by atoms with van der Waals surface area (Å²) in [6.07, 6.45) is 5.73. The van der Waals surface area contributed by atoms with E-state index in [9.17, 15) is 4.79 Å². The lowest BCUT2D eigenvalue weighted by Gasteiger charge is -2.10. The number of nitrogens with two attached hydrogens (primary N) is 1. The van der Waals surface area contributed by atoms with Gasteiger partial charge in [-0.3, -0.25) is 9.78 Å². The molecule has 0 radical (unpaired) electrons. The second-order valence-corrected chi connectivity index (χ2v) is 4.52. The van der Waals surface area contributed by atoms with Crippen LogP contribution in [0.5, 0.6) is 0 Å². The quantitative estimate of drug-likeness (QED) is 0.842. The third kappa shape index (κ3) is 2.93. The van der Waals surface area contributed by atoms with Crippen LogP contribution >= 0.6 is 11.6 Å². The van der Waals surface area contributed by atoms with Gasteiger partial charge < -0.3 is 11.1 Å². The average molecular weight is 240 g/mol. The summed E-state index contributed by atoms with van der Waals surface area (Å²) in [5, 5.41) is 3.20. The number of carbonyl (C=O) groups excluding carboxylic acids is 1. The molecule has 0 spiro atoms. The van der Waals surface area contributed by atoms with Gasteiger partial charge in [0.05, 0.1) is 16.9 Å². The van der Waals surface area contributed by atoms with E-state index in [-0.39, 0.29) is 11.9 Å². The van der Waals surface area contributed by atoms with Gasteiger partial charge in [-0.05, 0) is 24.8 Å². The molecule has 2 rings (SSSR count). The molecule has 0 aliphatic heterocycles. The van der Waals surface area contributed by atoms with Crippen molar-refractivity contribution < 1.29 is 4.79 Å². The summed E-state index contributed by atoms with van der Waals surface area (Å²) in [6.45, 7) is 0. The van der Waals surface area contributed by atoms with Gasteiger partial charge in [0.25, 0.3) is 0 Å². The van der Waals surface area contributed by atoms with Crippen LogP contribution < -0.4 is 11.1 Å². The minimum atomic E-state index is -0.102. The molecule has 1 aromatic heterocycles. The molecule has 1 heterocycles. The lowest BCUT2D eigenvalue weighted by atomic mass is 10.1. The van der Waals surface area contributed by atoms with Crippen molar-refractivity contribution in [3.8, 4) is 0 Å². The van der Waals surface area contributed by atoms with E-state index in [1.54, 1.807) is 12.3 Å². The van der Waals surface area contributed by atoms with Gasteiger partial charge >= 0.3 is 0 Å². The molecule has 0 aromatic carbocycles. The van der Waals surface area contributed by atoms with Crippen LogP contribution in [0.15, 0.2) is 18.5 Å². The number of aromatic nitrogens is 1. The van der Waals surface area contributed by atoms with E-state index in [1.807, 2.05) is 0 Å². The van der Waals surface area contributed by atoms with Crippen molar-refractivity contribution in [2.75, 3.05) is 5.32 Å². The summed E-state index contributed by atoms with van der Waals surface area (Å²) in [5.74, 6) is 0.421. The van der Waals surface area contributed by atoms with Crippen molar-refractivity contribution in [2.45, 2.75) is 25.3 Å². The molecule has 0 saturated heterocycles. The van der Waals surface area contributed by atoms with Crippen LogP contribution in [0.3, 0.4) is 0 Å². The van der Waals surface area contributed by atoms with E-state index in [4.69, 9.17) is 17.3 Å². The van der Waals surface area contributed by atoms with Crippen LogP contribution in [0.2, 0.25) is 5.02 Å². The van der Waals surface area contributed by atoms with Crippen LogP contribution in [-0.2, 0) is 4.79 Å². The Morgan fingerprint density at radius 1 is 1.69 bits per heavy atom. The molecule has 16 heavy (non-hydrogen) atoms. The van der Waals surface area contributed by atoms with Gasteiger partial charge in [-0.1, -0.05) is 11.6 Å². The predicted octanol–water partition coefficient (Wildman–Crippen LogP) is 1.80. The zero-order valence-electron chi connectivity index (χ0n) is 8.82. The summed E-state index contributed by atoms with van der Waals surface area (Å²) in [4.78, 5) is 15.5. The van der Waals surface area contributed by atoms with Crippen LogP contribution in [0.25, 0.3) is 0 Å². The standard InChI is InChI=1S/C11H14ClN3O/c12-8-3-4-14-6-10(8)15-11(16)5-9(13)7-1-2-7/h3-4,6-7,9H,1-2,5,13H2,(H,15,16). The first-order valence-corrected chi connectivity index (χ1v) is 5.69. The molecule has 1 aliphatic rings. The van der Waals surface area contributed by atoms with Crippen LogP contribution in [0.4, 0.5) is 5.69 Å². The number of nitrogens with one attached hydrogen (secondary N) is 1. The second kappa shape index (κ2) is 4.80. The highest BCUT2D eigenvalue weighted by Gasteiger charge is 2.29. The number of hydrogen-bond donors (Lipinski definition) is 2. The zero-order chi connectivity index (χ0) is 11.5. The molecular weight excluding hydrogens is 226 g/mol. The number of carbonyl (C=O) groups is 1. The molecule has 5 heteroatoms. The number of nitrogens with zero attached hydrogens (tertiary/aromatic N) is 1. The molecule has 1 fully saturated rings. The summed E-state index contributed by atoms with van der Waals surface area (Å²) in [6, 6.07) is 1.60. The summed E-state index contributed by atoms with van der Waals surface area (Å²) < 4.78 is 0. The van der Waals surface area contributed by atoms with Crippen molar-refractivity contribution in [1.29, 1.82) is 0 Å². The minimum Gasteiger partial charge on any atom is -0.327 e. The third-order valence-electron chi connectivity index (χ3n) is 2.69. The predicted molar refractivity (Wildman–Crippen MR) is 63.2 cm³/mol. The maximum absolute atomic E-state index is 11.6. The zero-order valence-corrected chi connectivity index (χ0v) is 9.57. The fourth-order valence-electron chi connectivity index (χ4n) is 1.58. The van der Waals surface area contributed by atoms with E-state index in [1.165, 1.54) is 6.20 Å². The van der Waals surface area contributed by atoms with E-state index >= 15 is 0 Å². The van der Waals surface area contributed by atoms with Crippen LogP contribution in [0, 0.1) is 5.92 Å². The fourth-order valence-corrected chi connectivity index (χ4v) is 1.73. The minimum absolute atomic E-state index is 0.0320. The number of amides is 1. The number of pyridine rings is 1. The highest BCUT2D eigenvalue weighted by Crippen LogP contribution is 2.33. The van der Waals surface area contributed by atoms with Crippen molar-refractivity contribution in [3.63, 3.8) is 0 Å². The van der Waals surface area contributed by atoms with Gasteiger partial charge in [0.2, 0.25) is 5.91 Å². The number of hydrogen-bond acceptors (Lipinski definition) is 3. The first kappa shape index (κ1) is 11.4. The van der Waals surface area contributed by atoms with E-state index < -0.39 is 0 Å². The lowest BCUT2D eigenvalue weighted by Crippen LogP contribution is -2.28. The monoisotopic (exact) mass is 239 g/mol. The smallest absolute Gasteiger partial charge is 0.226 e. The Labute approximate surface area is 99.2 Å². The Morgan fingerprint density at radius 3 is 3.06 bits per heavy atom. The van der Waals surface area contributed by atoms with Gasteiger partial charge in [-0.25, -0.2) is 0 Å². The normalized spacial score (nSPS) is 16.9. The Kier molecular flexibility index (Phi) is 3.41. The average Bonchev–Trinajstić information content (AvgIpc) is 3.04. The molecule has 1 amide bonds. The summed E-state index contributed by atoms with van der Waals surface area (Å²) in [7, 11) is 0. The number of anilines is 1. The van der Waals surface area contributed by atoms with Crippen LogP contribution in [0.1, 0.15) is 19.3 Å². The third-order valence-corrected chi connectivity index (χ3v) is 3.02. The molecule has 1 atom stereocenters. The van der Waals surface area contributed by atoms with Crippen molar-refractivity contribution >= 4 is 23.2 Å². The molecule has 4 nitrogen and oxygen atoms in total. The van der Waals surface area contributed by atoms with Gasteiger partial charge in [0, 0.05) is 18.7 Å². The Morgan fingerprint density at radius 2 is 2.44 bits per heavy atom. The van der Waals surface area contributed by atoms with Crippen LogP contribution in [-0.4, -0.2) is 16.9 Å². The molecule has 1 aromatic rings. The largest absolute Gasteiger partial charge is 0.327 e. The van der Waals surface area contributed by atoms with Crippen molar-refractivity contribution in [1.82, 2.24) is 4.98 Å². The molecule has 1 saturated carbocycles. The van der Waals surface area contributed by atoms with E-state index in [2.05, 4.69) is 10.3 Å². The molecule has 1 unspecified atom stereocenters. The highest BCUT2D eigenvalue weighted by molar-refractivity contribution is 6.33. The molecule has 0 bridgehead atoms. The molecule has 1 aliphatic carbocycles. The maximum Gasteiger partial charge on any atom is 0.226 e. The first-order valence-electron chi connectivity index (χ1n) is 5.32. The lowest BCUT2D eigenvalue weighted by molar-refractivity contribution is -0.116.